The number of carbonyl (C=O) groups is 2. The number of anilines is 2. The van der Waals surface area contributed by atoms with Crippen molar-refractivity contribution in [2.24, 2.45) is 0 Å². The molecule has 0 spiro atoms. The van der Waals surface area contributed by atoms with Gasteiger partial charge in [-0.05, 0) is 73.0 Å². The van der Waals surface area contributed by atoms with Gasteiger partial charge >= 0.3 is 0 Å². The molecule has 1 heterocycles. The normalized spacial score (nSPS) is 12.5. The molecule has 1 N–H and O–H groups in total. The van der Waals surface area contributed by atoms with Gasteiger partial charge in [0.2, 0.25) is 0 Å². The highest BCUT2D eigenvalue weighted by Gasteiger charge is 2.25. The molecule has 0 aromatic heterocycles. The molecule has 0 unspecified atom stereocenters. The fourth-order valence-corrected chi connectivity index (χ4v) is 3.70. The number of benzene rings is 3. The van der Waals surface area contributed by atoms with Crippen LogP contribution in [-0.2, 0) is 11.2 Å². The quantitative estimate of drug-likeness (QED) is 0.468. The number of nitrogens with zero attached hydrogens (tertiary/aromatic N) is 1. The predicted molar refractivity (Wildman–Crippen MR) is 131 cm³/mol. The first-order chi connectivity index (χ1) is 16.6. The van der Waals surface area contributed by atoms with E-state index >= 15 is 0 Å². The minimum absolute atomic E-state index is 0.0100. The Bertz CT molecular complexity index is 1140. The van der Waals surface area contributed by atoms with Crippen molar-refractivity contribution < 1.29 is 23.8 Å². The third kappa shape index (κ3) is 5.49. The van der Waals surface area contributed by atoms with Crippen LogP contribution < -0.4 is 24.4 Å². The van der Waals surface area contributed by atoms with Crippen molar-refractivity contribution in [3.05, 3.63) is 77.9 Å². The topological polar surface area (TPSA) is 77.1 Å². The molecule has 176 valence electrons. The SMILES string of the molecule is CCc1ccc(OCCCN2C(=O)COc3ccc(NC(=O)c4ccc(OC)cc4)cc32)cc1. The fourth-order valence-electron chi connectivity index (χ4n) is 3.70. The number of hydrogen-bond donors (Lipinski definition) is 1. The van der Waals surface area contributed by atoms with E-state index < -0.39 is 0 Å². The first-order valence-electron chi connectivity index (χ1n) is 11.3. The van der Waals surface area contributed by atoms with Gasteiger partial charge in [-0.3, -0.25) is 9.59 Å². The number of nitrogens with one attached hydrogen (secondary N) is 1. The van der Waals surface area contributed by atoms with E-state index in [0.29, 0.717) is 48.0 Å². The second-order valence-electron chi connectivity index (χ2n) is 7.90. The predicted octanol–water partition coefficient (Wildman–Crippen LogP) is 4.70. The lowest BCUT2D eigenvalue weighted by Gasteiger charge is -2.30. The number of methoxy groups -OCH3 is 1. The van der Waals surface area contributed by atoms with Gasteiger partial charge in [0.25, 0.3) is 11.8 Å². The molecular formula is C27H28N2O5. The third-order valence-corrected chi connectivity index (χ3v) is 5.64. The number of ether oxygens (including phenoxy) is 3. The van der Waals surface area contributed by atoms with Gasteiger partial charge in [-0.1, -0.05) is 19.1 Å². The molecule has 2 amide bonds. The maximum absolute atomic E-state index is 12.6. The first-order valence-corrected chi connectivity index (χ1v) is 11.3. The molecule has 34 heavy (non-hydrogen) atoms. The average Bonchev–Trinajstić information content (AvgIpc) is 2.88. The Kier molecular flexibility index (Phi) is 7.32. The summed E-state index contributed by atoms with van der Waals surface area (Å²) in [6.07, 6.45) is 1.64. The summed E-state index contributed by atoms with van der Waals surface area (Å²) < 4.78 is 16.5. The van der Waals surface area contributed by atoms with E-state index in [4.69, 9.17) is 14.2 Å². The van der Waals surface area contributed by atoms with Crippen LogP contribution in [0.15, 0.2) is 66.7 Å². The second kappa shape index (κ2) is 10.7. The van der Waals surface area contributed by atoms with Crippen molar-refractivity contribution in [3.8, 4) is 17.2 Å². The maximum Gasteiger partial charge on any atom is 0.265 e. The van der Waals surface area contributed by atoms with Crippen LogP contribution in [0.1, 0.15) is 29.3 Å². The van der Waals surface area contributed by atoms with Gasteiger partial charge in [0.05, 0.1) is 19.4 Å². The summed E-state index contributed by atoms with van der Waals surface area (Å²) >= 11 is 0. The van der Waals surface area contributed by atoms with Crippen LogP contribution in [-0.4, -0.2) is 38.7 Å². The molecule has 4 rings (SSSR count). The number of fused-ring (bicyclic) bond motifs is 1. The highest BCUT2D eigenvalue weighted by Crippen LogP contribution is 2.35. The van der Waals surface area contributed by atoms with E-state index in [2.05, 4.69) is 24.4 Å². The molecule has 1 aliphatic heterocycles. The third-order valence-electron chi connectivity index (χ3n) is 5.64. The minimum atomic E-state index is -0.250. The summed E-state index contributed by atoms with van der Waals surface area (Å²) in [5, 5.41) is 2.88. The van der Waals surface area contributed by atoms with E-state index in [1.54, 1.807) is 54.5 Å². The van der Waals surface area contributed by atoms with Crippen LogP contribution in [0, 0.1) is 0 Å². The summed E-state index contributed by atoms with van der Waals surface area (Å²) in [4.78, 5) is 26.9. The summed E-state index contributed by atoms with van der Waals surface area (Å²) in [5.74, 6) is 1.73. The number of rotatable bonds is 9. The van der Waals surface area contributed by atoms with E-state index in [0.717, 1.165) is 12.2 Å². The summed E-state index contributed by atoms with van der Waals surface area (Å²) in [5.41, 5.74) is 2.98. The number of hydrogen-bond acceptors (Lipinski definition) is 5. The van der Waals surface area contributed by atoms with Gasteiger partial charge in [-0.2, -0.15) is 0 Å². The van der Waals surface area contributed by atoms with Gasteiger partial charge in [0.1, 0.15) is 17.2 Å². The zero-order valence-corrected chi connectivity index (χ0v) is 19.4. The Morgan fingerprint density at radius 1 is 1.03 bits per heavy atom. The van der Waals surface area contributed by atoms with Crippen LogP contribution in [0.4, 0.5) is 11.4 Å². The minimum Gasteiger partial charge on any atom is -0.497 e. The van der Waals surface area contributed by atoms with E-state index in [9.17, 15) is 9.59 Å². The number of aryl methyl sites for hydroxylation is 1. The average molecular weight is 461 g/mol. The van der Waals surface area contributed by atoms with Gasteiger partial charge in [-0.15, -0.1) is 0 Å². The van der Waals surface area contributed by atoms with E-state index in [1.165, 1.54) is 5.56 Å². The molecule has 0 saturated carbocycles. The largest absolute Gasteiger partial charge is 0.497 e. The lowest BCUT2D eigenvalue weighted by molar-refractivity contribution is -0.121. The van der Waals surface area contributed by atoms with Crippen molar-refractivity contribution in [2.45, 2.75) is 19.8 Å². The van der Waals surface area contributed by atoms with Crippen molar-refractivity contribution >= 4 is 23.2 Å². The van der Waals surface area contributed by atoms with Crippen molar-refractivity contribution in [3.63, 3.8) is 0 Å². The van der Waals surface area contributed by atoms with E-state index in [-0.39, 0.29) is 18.4 Å². The molecule has 0 radical (unpaired) electrons. The van der Waals surface area contributed by atoms with Crippen LogP contribution in [0.25, 0.3) is 0 Å². The molecule has 3 aromatic rings. The van der Waals surface area contributed by atoms with E-state index in [1.807, 2.05) is 12.1 Å². The first kappa shape index (κ1) is 23.2. The summed E-state index contributed by atoms with van der Waals surface area (Å²) in [7, 11) is 1.58. The summed E-state index contributed by atoms with van der Waals surface area (Å²) in [6, 6.07) is 20.2. The zero-order valence-electron chi connectivity index (χ0n) is 19.4. The van der Waals surface area contributed by atoms with Crippen molar-refractivity contribution in [1.29, 1.82) is 0 Å². The van der Waals surface area contributed by atoms with Crippen LogP contribution in [0.2, 0.25) is 0 Å². The molecule has 0 atom stereocenters. The lowest BCUT2D eigenvalue weighted by atomic mass is 10.1. The van der Waals surface area contributed by atoms with Gasteiger partial charge in [0, 0.05) is 17.8 Å². The number of carbonyl (C=O) groups excluding carboxylic acids is 2. The molecule has 3 aromatic carbocycles. The highest BCUT2D eigenvalue weighted by atomic mass is 16.5. The Balaban J connectivity index is 1.39. The molecule has 0 saturated heterocycles. The molecule has 1 aliphatic rings. The Morgan fingerprint density at radius 2 is 1.76 bits per heavy atom. The van der Waals surface area contributed by atoms with Crippen LogP contribution in [0.5, 0.6) is 17.2 Å². The fraction of sp³-hybridized carbons (Fsp3) is 0.259. The molecule has 0 aliphatic carbocycles. The highest BCUT2D eigenvalue weighted by molar-refractivity contribution is 6.05. The maximum atomic E-state index is 12.6. The Morgan fingerprint density at radius 3 is 2.47 bits per heavy atom. The Hall–Kier alpha value is -4.00. The summed E-state index contributed by atoms with van der Waals surface area (Å²) in [6.45, 7) is 3.07. The van der Waals surface area contributed by atoms with Gasteiger partial charge in [0.15, 0.2) is 6.61 Å². The van der Waals surface area contributed by atoms with Crippen molar-refractivity contribution in [1.82, 2.24) is 0 Å². The van der Waals surface area contributed by atoms with Crippen LogP contribution in [0.3, 0.4) is 0 Å². The second-order valence-corrected chi connectivity index (χ2v) is 7.90. The van der Waals surface area contributed by atoms with Crippen molar-refractivity contribution in [2.75, 3.05) is 37.1 Å². The monoisotopic (exact) mass is 460 g/mol. The van der Waals surface area contributed by atoms with Gasteiger partial charge < -0.3 is 24.4 Å². The molecular weight excluding hydrogens is 432 g/mol. The smallest absolute Gasteiger partial charge is 0.265 e. The molecule has 0 fully saturated rings. The van der Waals surface area contributed by atoms with Gasteiger partial charge in [-0.25, -0.2) is 0 Å². The van der Waals surface area contributed by atoms with Crippen LogP contribution >= 0.6 is 0 Å². The molecule has 7 heteroatoms. The lowest BCUT2D eigenvalue weighted by Crippen LogP contribution is -2.39. The standard InChI is InChI=1S/C27H28N2O5/c1-3-19-5-10-23(11-6-19)33-16-4-15-29-24-17-21(9-14-25(24)34-18-26(29)30)28-27(31)20-7-12-22(32-2)13-8-20/h5-14,17H,3-4,15-16,18H2,1-2H3,(H,28,31). The molecule has 0 bridgehead atoms. The zero-order chi connectivity index (χ0) is 23.9. The number of amides is 2. The Labute approximate surface area is 199 Å². The molecule has 7 nitrogen and oxygen atoms in total.